The summed E-state index contributed by atoms with van der Waals surface area (Å²) in [5.41, 5.74) is 0.989. The van der Waals surface area contributed by atoms with Gasteiger partial charge in [0.15, 0.2) is 0 Å². The average Bonchev–Trinajstić information content (AvgIpc) is 2.82. The Morgan fingerprint density at radius 3 is 2.21 bits per heavy atom. The highest BCUT2D eigenvalue weighted by Crippen LogP contribution is 2.49. The largest absolute Gasteiger partial charge is 0.312 e. The van der Waals surface area contributed by atoms with Gasteiger partial charge in [0, 0.05) is 12.1 Å². The van der Waals surface area contributed by atoms with E-state index >= 15 is 0 Å². The van der Waals surface area contributed by atoms with E-state index in [-0.39, 0.29) is 0 Å². The van der Waals surface area contributed by atoms with Gasteiger partial charge in [-0.2, -0.15) is 0 Å². The van der Waals surface area contributed by atoms with Crippen LogP contribution in [0.3, 0.4) is 0 Å². The van der Waals surface area contributed by atoms with Crippen molar-refractivity contribution in [3.8, 4) is 0 Å². The third kappa shape index (κ3) is 4.45. The van der Waals surface area contributed by atoms with Gasteiger partial charge in [-0.1, -0.05) is 26.2 Å². The maximum Gasteiger partial charge on any atom is 0.00967 e. The second-order valence-corrected chi connectivity index (χ2v) is 6.06. The van der Waals surface area contributed by atoms with Gasteiger partial charge in [-0.25, -0.2) is 0 Å². The van der Waals surface area contributed by atoms with Crippen LogP contribution in [0.25, 0.3) is 0 Å². The van der Waals surface area contributed by atoms with Crippen LogP contribution < -0.4 is 5.32 Å². The molecule has 0 bridgehead atoms. The summed E-state index contributed by atoms with van der Waals surface area (Å²) in [4.78, 5) is 0. The van der Waals surface area contributed by atoms with Gasteiger partial charge < -0.3 is 5.32 Å². The van der Waals surface area contributed by atoms with Crippen LogP contribution in [0.2, 0.25) is 0 Å². The Kier molecular flexibility index (Phi) is 4.00. The SMILES string of the molecule is CCCCCC1(CNC(C)(C)C)CC1. The van der Waals surface area contributed by atoms with Crippen molar-refractivity contribution >= 4 is 0 Å². The number of nitrogens with one attached hydrogen (secondary N) is 1. The van der Waals surface area contributed by atoms with Gasteiger partial charge in [0.1, 0.15) is 0 Å². The second kappa shape index (κ2) is 4.65. The minimum Gasteiger partial charge on any atom is -0.312 e. The van der Waals surface area contributed by atoms with Crippen molar-refractivity contribution in [3.63, 3.8) is 0 Å². The molecule has 84 valence electrons. The van der Waals surface area contributed by atoms with E-state index in [1.807, 2.05) is 0 Å². The Morgan fingerprint density at radius 2 is 1.79 bits per heavy atom. The van der Waals surface area contributed by atoms with Gasteiger partial charge in [-0.3, -0.25) is 0 Å². The van der Waals surface area contributed by atoms with Crippen molar-refractivity contribution < 1.29 is 0 Å². The maximum absolute atomic E-state index is 3.65. The zero-order valence-electron chi connectivity index (χ0n) is 10.4. The fraction of sp³-hybridized carbons (Fsp3) is 1.00. The molecule has 1 aliphatic carbocycles. The first-order chi connectivity index (χ1) is 6.47. The molecule has 1 saturated carbocycles. The van der Waals surface area contributed by atoms with Crippen LogP contribution in [-0.2, 0) is 0 Å². The number of hydrogen-bond acceptors (Lipinski definition) is 1. The monoisotopic (exact) mass is 197 g/mol. The lowest BCUT2D eigenvalue weighted by Gasteiger charge is -2.25. The third-order valence-electron chi connectivity index (χ3n) is 3.26. The molecule has 1 fully saturated rings. The summed E-state index contributed by atoms with van der Waals surface area (Å²) in [5.74, 6) is 0. The summed E-state index contributed by atoms with van der Waals surface area (Å²) in [5, 5.41) is 3.65. The van der Waals surface area contributed by atoms with Gasteiger partial charge >= 0.3 is 0 Å². The molecule has 0 aliphatic heterocycles. The summed E-state index contributed by atoms with van der Waals surface area (Å²) in [7, 11) is 0. The molecule has 1 N–H and O–H groups in total. The van der Waals surface area contributed by atoms with Gasteiger partial charge in [-0.15, -0.1) is 0 Å². The molecule has 0 unspecified atom stereocenters. The van der Waals surface area contributed by atoms with Crippen molar-refractivity contribution in [1.82, 2.24) is 5.32 Å². The van der Waals surface area contributed by atoms with Crippen LogP contribution in [0.5, 0.6) is 0 Å². The molecule has 0 heterocycles. The van der Waals surface area contributed by atoms with E-state index in [0.29, 0.717) is 11.0 Å². The predicted octanol–water partition coefficient (Wildman–Crippen LogP) is 3.74. The number of hydrogen-bond donors (Lipinski definition) is 1. The summed E-state index contributed by atoms with van der Waals surface area (Å²) >= 11 is 0. The fourth-order valence-electron chi connectivity index (χ4n) is 1.89. The Hall–Kier alpha value is -0.0400. The molecule has 0 aromatic rings. The van der Waals surface area contributed by atoms with Gasteiger partial charge in [-0.05, 0) is 45.4 Å². The van der Waals surface area contributed by atoms with Gasteiger partial charge in [0.2, 0.25) is 0 Å². The Bertz CT molecular complexity index is 163. The van der Waals surface area contributed by atoms with E-state index in [0.717, 1.165) is 0 Å². The molecule has 1 rings (SSSR count). The number of rotatable bonds is 6. The van der Waals surface area contributed by atoms with Crippen LogP contribution in [0, 0.1) is 5.41 Å². The summed E-state index contributed by atoms with van der Waals surface area (Å²) in [6.45, 7) is 10.3. The standard InChI is InChI=1S/C13H27N/c1-5-6-7-8-13(9-10-13)11-14-12(2,3)4/h14H,5-11H2,1-4H3. The van der Waals surface area contributed by atoms with Gasteiger partial charge in [0.25, 0.3) is 0 Å². The predicted molar refractivity (Wildman–Crippen MR) is 63.6 cm³/mol. The highest BCUT2D eigenvalue weighted by atomic mass is 15.0. The minimum atomic E-state index is 0.292. The first kappa shape index (κ1) is 12.0. The van der Waals surface area contributed by atoms with Crippen molar-refractivity contribution in [2.45, 2.75) is 71.8 Å². The fourth-order valence-corrected chi connectivity index (χ4v) is 1.89. The normalized spacial score (nSPS) is 19.7. The molecule has 1 nitrogen and oxygen atoms in total. The smallest absolute Gasteiger partial charge is 0.00967 e. The van der Waals surface area contributed by atoms with E-state index < -0.39 is 0 Å². The number of unbranched alkanes of at least 4 members (excludes halogenated alkanes) is 2. The summed E-state index contributed by atoms with van der Waals surface area (Å²) in [6.07, 6.45) is 8.56. The summed E-state index contributed by atoms with van der Waals surface area (Å²) < 4.78 is 0. The van der Waals surface area contributed by atoms with Crippen LogP contribution in [-0.4, -0.2) is 12.1 Å². The van der Waals surface area contributed by atoms with E-state index in [1.165, 1.54) is 45.1 Å². The molecule has 1 heteroatoms. The van der Waals surface area contributed by atoms with Crippen LogP contribution in [0.1, 0.15) is 66.2 Å². The van der Waals surface area contributed by atoms with Crippen molar-refractivity contribution in [3.05, 3.63) is 0 Å². The zero-order chi connectivity index (χ0) is 10.7. The van der Waals surface area contributed by atoms with E-state index in [1.54, 1.807) is 0 Å². The molecular weight excluding hydrogens is 170 g/mol. The lowest BCUT2D eigenvalue weighted by atomic mass is 9.97. The topological polar surface area (TPSA) is 12.0 Å². The second-order valence-electron chi connectivity index (χ2n) is 6.06. The first-order valence-corrected chi connectivity index (χ1v) is 6.22. The van der Waals surface area contributed by atoms with E-state index in [4.69, 9.17) is 0 Å². The zero-order valence-corrected chi connectivity index (χ0v) is 10.4. The molecule has 0 atom stereocenters. The highest BCUT2D eigenvalue weighted by Gasteiger charge is 2.41. The molecular formula is C13H27N. The summed E-state index contributed by atoms with van der Waals surface area (Å²) in [6, 6.07) is 0. The van der Waals surface area contributed by atoms with Gasteiger partial charge in [0.05, 0.1) is 0 Å². The molecule has 0 saturated heterocycles. The molecule has 0 aromatic carbocycles. The van der Waals surface area contributed by atoms with Crippen molar-refractivity contribution in [1.29, 1.82) is 0 Å². The molecule has 0 spiro atoms. The highest BCUT2D eigenvalue weighted by molar-refractivity contribution is 4.95. The lowest BCUT2D eigenvalue weighted by Crippen LogP contribution is -2.39. The average molecular weight is 197 g/mol. The van der Waals surface area contributed by atoms with Crippen LogP contribution in [0.15, 0.2) is 0 Å². The molecule has 14 heavy (non-hydrogen) atoms. The Labute approximate surface area is 89.7 Å². The maximum atomic E-state index is 3.65. The van der Waals surface area contributed by atoms with Crippen LogP contribution >= 0.6 is 0 Å². The van der Waals surface area contributed by atoms with Crippen molar-refractivity contribution in [2.75, 3.05) is 6.54 Å². The van der Waals surface area contributed by atoms with Crippen LogP contribution in [0.4, 0.5) is 0 Å². The Balaban J connectivity index is 2.16. The first-order valence-electron chi connectivity index (χ1n) is 6.22. The van der Waals surface area contributed by atoms with E-state index in [9.17, 15) is 0 Å². The molecule has 1 aliphatic rings. The Morgan fingerprint density at radius 1 is 1.14 bits per heavy atom. The molecule has 0 amide bonds. The molecule has 0 aromatic heterocycles. The van der Waals surface area contributed by atoms with Crippen molar-refractivity contribution in [2.24, 2.45) is 5.41 Å². The third-order valence-corrected chi connectivity index (χ3v) is 3.26. The lowest BCUT2D eigenvalue weighted by molar-refractivity contribution is 0.337. The quantitative estimate of drug-likeness (QED) is 0.640. The molecule has 0 radical (unpaired) electrons. The minimum absolute atomic E-state index is 0.292. The van der Waals surface area contributed by atoms with E-state index in [2.05, 4.69) is 33.0 Å².